The van der Waals surface area contributed by atoms with Gasteiger partial charge in [0.1, 0.15) is 17.0 Å². The minimum atomic E-state index is -1.66. The summed E-state index contributed by atoms with van der Waals surface area (Å²) < 4.78 is 31.1. The van der Waals surface area contributed by atoms with Crippen molar-refractivity contribution in [1.29, 1.82) is 5.26 Å². The van der Waals surface area contributed by atoms with Crippen LogP contribution in [-0.2, 0) is 10.2 Å². The molecule has 0 bridgehead atoms. The van der Waals surface area contributed by atoms with E-state index in [-0.39, 0.29) is 52.0 Å². The minimum absolute atomic E-state index is 0.00117. The van der Waals surface area contributed by atoms with Crippen LogP contribution in [0.25, 0.3) is 0 Å². The maximum atomic E-state index is 15.6. The van der Waals surface area contributed by atoms with E-state index in [1.165, 1.54) is 42.3 Å². The van der Waals surface area contributed by atoms with Crippen molar-refractivity contribution in [2.45, 2.75) is 45.1 Å². The molecular weight excluding hydrogens is 521 g/mol. The summed E-state index contributed by atoms with van der Waals surface area (Å²) in [6.07, 6.45) is 0.468. The Bertz CT molecular complexity index is 1230. The number of nitrogens with one attached hydrogen (secondary N) is 2. The Morgan fingerprint density at radius 3 is 2.51 bits per heavy atom. The summed E-state index contributed by atoms with van der Waals surface area (Å²) in [6, 6.07) is 8.87. The number of amides is 3. The number of hydrogen-bond acceptors (Lipinski definition) is 3. The third kappa shape index (κ3) is 5.83. The lowest BCUT2D eigenvalue weighted by atomic mass is 9.63. The fraction of sp³-hybridized carbons (Fsp3) is 0.444. The van der Waals surface area contributed by atoms with Crippen LogP contribution in [0.4, 0.5) is 13.6 Å². The van der Waals surface area contributed by atoms with Gasteiger partial charge in [0.05, 0.1) is 17.1 Å². The van der Waals surface area contributed by atoms with Gasteiger partial charge >= 0.3 is 6.03 Å². The van der Waals surface area contributed by atoms with E-state index in [0.29, 0.717) is 6.42 Å². The Kier molecular flexibility index (Phi) is 8.71. The van der Waals surface area contributed by atoms with Gasteiger partial charge in [-0.1, -0.05) is 62.2 Å². The van der Waals surface area contributed by atoms with E-state index in [2.05, 4.69) is 16.7 Å². The number of benzene rings is 2. The first-order valence-corrected chi connectivity index (χ1v) is 12.7. The maximum absolute atomic E-state index is 15.6. The Balaban J connectivity index is 2.25. The van der Waals surface area contributed by atoms with Gasteiger partial charge in [0.25, 0.3) is 0 Å². The molecule has 1 heterocycles. The predicted octanol–water partition coefficient (Wildman–Crippen LogP) is 5.99. The SMILES string of the molecule is CNC(=O)CCNC(=O)N1C[C@@H](CC(C)(C)C)C(C#N)(c2ccc(Cl)cc2F)[C@H]1c1cccc(Cl)c1F. The van der Waals surface area contributed by atoms with Crippen LogP contribution in [-0.4, -0.2) is 37.0 Å². The van der Waals surface area contributed by atoms with E-state index in [0.717, 1.165) is 6.07 Å². The van der Waals surface area contributed by atoms with Crippen molar-refractivity contribution in [3.8, 4) is 6.07 Å². The summed E-state index contributed by atoms with van der Waals surface area (Å²) in [4.78, 5) is 26.5. The zero-order valence-electron chi connectivity index (χ0n) is 21.2. The summed E-state index contributed by atoms with van der Waals surface area (Å²) in [5.74, 6) is -2.34. The van der Waals surface area contributed by atoms with E-state index in [4.69, 9.17) is 23.2 Å². The van der Waals surface area contributed by atoms with E-state index in [1.807, 2.05) is 20.8 Å². The molecule has 3 atom stereocenters. The highest BCUT2D eigenvalue weighted by molar-refractivity contribution is 6.31. The van der Waals surface area contributed by atoms with Gasteiger partial charge in [-0.2, -0.15) is 5.26 Å². The summed E-state index contributed by atoms with van der Waals surface area (Å²) in [5.41, 5.74) is -1.94. The van der Waals surface area contributed by atoms with Crippen LogP contribution >= 0.6 is 23.2 Å². The van der Waals surface area contributed by atoms with Gasteiger partial charge in [-0.15, -0.1) is 0 Å². The molecule has 1 unspecified atom stereocenters. The Hall–Kier alpha value is -2.89. The molecule has 1 aliphatic heterocycles. The largest absolute Gasteiger partial charge is 0.359 e. The molecule has 1 fully saturated rings. The minimum Gasteiger partial charge on any atom is -0.359 e. The summed E-state index contributed by atoms with van der Waals surface area (Å²) in [6.45, 7) is 6.02. The normalized spacial score (nSPS) is 21.4. The zero-order chi connectivity index (χ0) is 27.5. The summed E-state index contributed by atoms with van der Waals surface area (Å²) in [7, 11) is 1.49. The molecule has 37 heavy (non-hydrogen) atoms. The molecule has 2 N–H and O–H groups in total. The van der Waals surface area contributed by atoms with Crippen molar-refractivity contribution < 1.29 is 18.4 Å². The van der Waals surface area contributed by atoms with Gasteiger partial charge in [0, 0.05) is 48.6 Å². The number of likely N-dealkylation sites (tertiary alicyclic amines) is 1. The Morgan fingerprint density at radius 1 is 1.22 bits per heavy atom. The zero-order valence-corrected chi connectivity index (χ0v) is 22.7. The molecule has 3 amide bonds. The van der Waals surface area contributed by atoms with Gasteiger partial charge < -0.3 is 15.5 Å². The molecule has 0 saturated carbocycles. The van der Waals surface area contributed by atoms with Gasteiger partial charge in [-0.05, 0) is 30.0 Å². The molecule has 1 aliphatic rings. The molecule has 2 aromatic rings. The molecule has 0 radical (unpaired) electrons. The molecule has 0 aromatic heterocycles. The summed E-state index contributed by atoms with van der Waals surface area (Å²) >= 11 is 12.1. The smallest absolute Gasteiger partial charge is 0.318 e. The Morgan fingerprint density at radius 2 is 1.92 bits per heavy atom. The standard InChI is InChI=1S/C27H30Cl2F2N4O2/c1-26(2,3)13-16-14-35(25(37)34-11-10-22(36)33-4)24(18-6-5-7-20(29)23(18)31)27(16,15-32)19-9-8-17(28)12-21(19)30/h5-9,12,16,24H,10-11,13-14H2,1-4H3,(H,33,36)(H,34,37)/t16-,24-,27?/m1/s1. The lowest BCUT2D eigenvalue weighted by Gasteiger charge is -2.38. The van der Waals surface area contributed by atoms with E-state index in [9.17, 15) is 14.9 Å². The molecule has 0 spiro atoms. The molecule has 2 aromatic carbocycles. The van der Waals surface area contributed by atoms with Gasteiger partial charge in [0.15, 0.2) is 0 Å². The fourth-order valence-corrected chi connectivity index (χ4v) is 5.52. The second-order valence-corrected chi connectivity index (χ2v) is 11.3. The van der Waals surface area contributed by atoms with E-state index < -0.39 is 35.0 Å². The predicted molar refractivity (Wildman–Crippen MR) is 139 cm³/mol. The highest BCUT2D eigenvalue weighted by atomic mass is 35.5. The number of rotatable bonds is 6. The fourth-order valence-electron chi connectivity index (χ4n) is 5.18. The van der Waals surface area contributed by atoms with Crippen LogP contribution in [0.3, 0.4) is 0 Å². The maximum Gasteiger partial charge on any atom is 0.318 e. The molecular formula is C27H30Cl2F2N4O2. The van der Waals surface area contributed by atoms with Crippen molar-refractivity contribution in [2.75, 3.05) is 20.1 Å². The van der Waals surface area contributed by atoms with Crippen molar-refractivity contribution in [1.82, 2.24) is 15.5 Å². The van der Waals surface area contributed by atoms with Gasteiger partial charge in [-0.25, -0.2) is 13.6 Å². The topological polar surface area (TPSA) is 85.2 Å². The molecule has 198 valence electrons. The number of nitrogens with zero attached hydrogens (tertiary/aromatic N) is 2. The number of hydrogen-bond donors (Lipinski definition) is 2. The third-order valence-electron chi connectivity index (χ3n) is 6.67. The van der Waals surface area contributed by atoms with Crippen LogP contribution in [0.2, 0.25) is 10.0 Å². The lowest BCUT2D eigenvalue weighted by Crippen LogP contribution is -2.44. The molecule has 1 saturated heterocycles. The van der Waals surface area contributed by atoms with Crippen molar-refractivity contribution in [2.24, 2.45) is 11.3 Å². The van der Waals surface area contributed by atoms with Crippen LogP contribution in [0.5, 0.6) is 0 Å². The number of halogens is 4. The first-order chi connectivity index (χ1) is 17.4. The summed E-state index contributed by atoms with van der Waals surface area (Å²) in [5, 5.41) is 15.9. The monoisotopic (exact) mass is 550 g/mol. The third-order valence-corrected chi connectivity index (χ3v) is 7.20. The van der Waals surface area contributed by atoms with Gasteiger partial charge in [0.2, 0.25) is 5.91 Å². The lowest BCUT2D eigenvalue weighted by molar-refractivity contribution is -0.120. The van der Waals surface area contributed by atoms with Crippen molar-refractivity contribution in [3.63, 3.8) is 0 Å². The second kappa shape index (κ2) is 11.2. The van der Waals surface area contributed by atoms with Crippen LogP contribution < -0.4 is 10.6 Å². The first kappa shape index (κ1) is 28.7. The highest BCUT2D eigenvalue weighted by Crippen LogP contribution is 2.56. The van der Waals surface area contributed by atoms with Crippen LogP contribution in [0, 0.1) is 34.3 Å². The Labute approximate surface area is 225 Å². The molecule has 10 heteroatoms. The van der Waals surface area contributed by atoms with Crippen LogP contribution in [0.15, 0.2) is 36.4 Å². The highest BCUT2D eigenvalue weighted by Gasteiger charge is 2.60. The second-order valence-electron chi connectivity index (χ2n) is 10.4. The molecule has 3 rings (SSSR count). The average Bonchev–Trinajstić information content (AvgIpc) is 3.13. The van der Waals surface area contributed by atoms with Crippen molar-refractivity contribution >= 4 is 35.1 Å². The number of nitriles is 1. The number of urea groups is 1. The number of carbonyl (C=O) groups is 2. The van der Waals surface area contributed by atoms with Gasteiger partial charge in [-0.3, -0.25) is 4.79 Å². The first-order valence-electron chi connectivity index (χ1n) is 11.9. The molecule has 6 nitrogen and oxygen atoms in total. The number of carbonyl (C=O) groups excluding carboxylic acids is 2. The quantitative estimate of drug-likeness (QED) is 0.463. The molecule has 0 aliphatic carbocycles. The van der Waals surface area contributed by atoms with E-state index in [1.54, 1.807) is 0 Å². The average molecular weight is 551 g/mol. The van der Waals surface area contributed by atoms with Crippen molar-refractivity contribution in [3.05, 3.63) is 69.2 Å². The van der Waals surface area contributed by atoms with Crippen LogP contribution in [0.1, 0.15) is 50.8 Å². The van der Waals surface area contributed by atoms with E-state index >= 15 is 8.78 Å².